The molecule has 0 aromatic heterocycles. The van der Waals surface area contributed by atoms with Gasteiger partial charge in [0.2, 0.25) is 0 Å². The lowest BCUT2D eigenvalue weighted by Crippen LogP contribution is -2.32. The number of halogens is 1. The first-order chi connectivity index (χ1) is 9.08. The van der Waals surface area contributed by atoms with Crippen LogP contribution in [0.2, 0.25) is 5.02 Å². The second kappa shape index (κ2) is 6.23. The summed E-state index contributed by atoms with van der Waals surface area (Å²) in [6.07, 6.45) is 0. The van der Waals surface area contributed by atoms with Crippen LogP contribution < -0.4 is 5.32 Å². The van der Waals surface area contributed by atoms with Crippen LogP contribution in [0.15, 0.2) is 54.6 Å². The van der Waals surface area contributed by atoms with Gasteiger partial charge in [-0.1, -0.05) is 67.9 Å². The summed E-state index contributed by atoms with van der Waals surface area (Å²) in [6, 6.07) is 18.6. The maximum absolute atomic E-state index is 5.88. The van der Waals surface area contributed by atoms with Gasteiger partial charge in [-0.3, -0.25) is 0 Å². The zero-order chi connectivity index (χ0) is 13.7. The topological polar surface area (TPSA) is 12.0 Å². The van der Waals surface area contributed by atoms with Gasteiger partial charge in [-0.2, -0.15) is 0 Å². The van der Waals surface area contributed by atoms with E-state index in [0.717, 1.165) is 18.1 Å². The zero-order valence-electron chi connectivity index (χ0n) is 11.5. The van der Waals surface area contributed by atoms with Crippen molar-refractivity contribution in [3.8, 4) is 0 Å². The number of hydrogen-bond acceptors (Lipinski definition) is 1. The predicted molar refractivity (Wildman–Crippen MR) is 82.6 cm³/mol. The Balaban J connectivity index is 1.90. The molecule has 0 unspecified atom stereocenters. The molecule has 2 heteroatoms. The molecule has 0 atom stereocenters. The Morgan fingerprint density at radius 1 is 0.947 bits per heavy atom. The van der Waals surface area contributed by atoms with Crippen molar-refractivity contribution in [2.24, 2.45) is 0 Å². The van der Waals surface area contributed by atoms with E-state index in [2.05, 4.69) is 61.6 Å². The van der Waals surface area contributed by atoms with E-state index in [4.69, 9.17) is 11.6 Å². The van der Waals surface area contributed by atoms with Crippen LogP contribution in [0.3, 0.4) is 0 Å². The van der Waals surface area contributed by atoms with Crippen LogP contribution >= 0.6 is 11.6 Å². The Morgan fingerprint density at radius 2 is 1.58 bits per heavy atom. The van der Waals surface area contributed by atoms with Gasteiger partial charge in [-0.25, -0.2) is 0 Å². The molecule has 0 bridgehead atoms. The van der Waals surface area contributed by atoms with Gasteiger partial charge < -0.3 is 5.32 Å². The molecule has 0 aliphatic carbocycles. The molecule has 0 heterocycles. The first kappa shape index (κ1) is 14.1. The monoisotopic (exact) mass is 273 g/mol. The van der Waals surface area contributed by atoms with Crippen LogP contribution in [0, 0.1) is 0 Å². The number of nitrogens with one attached hydrogen (secondary N) is 1. The molecule has 0 amide bonds. The third-order valence-corrected chi connectivity index (χ3v) is 3.62. The lowest BCUT2D eigenvalue weighted by atomic mass is 9.84. The van der Waals surface area contributed by atoms with E-state index in [0.29, 0.717) is 0 Å². The fourth-order valence-corrected chi connectivity index (χ4v) is 2.24. The molecular formula is C17H20ClN. The summed E-state index contributed by atoms with van der Waals surface area (Å²) in [4.78, 5) is 0. The molecule has 1 nitrogen and oxygen atoms in total. The molecule has 100 valence electrons. The molecule has 0 saturated heterocycles. The molecule has 0 aliphatic rings. The standard InChI is InChI=1S/C17H20ClN/c1-17(2,15-6-4-3-5-7-15)13-19-12-14-8-10-16(18)11-9-14/h3-11,19H,12-13H2,1-2H3. The summed E-state index contributed by atoms with van der Waals surface area (Å²) in [5, 5.41) is 4.30. The van der Waals surface area contributed by atoms with E-state index >= 15 is 0 Å². The Kier molecular flexibility index (Phi) is 4.62. The minimum Gasteiger partial charge on any atom is -0.312 e. The average Bonchev–Trinajstić information content (AvgIpc) is 2.42. The van der Waals surface area contributed by atoms with Gasteiger partial charge in [0.25, 0.3) is 0 Å². The molecule has 0 aliphatic heterocycles. The second-order valence-electron chi connectivity index (χ2n) is 5.48. The quantitative estimate of drug-likeness (QED) is 0.851. The predicted octanol–water partition coefficient (Wildman–Crippen LogP) is 4.41. The van der Waals surface area contributed by atoms with Gasteiger partial charge in [0.05, 0.1) is 0 Å². The second-order valence-corrected chi connectivity index (χ2v) is 5.92. The molecule has 0 radical (unpaired) electrons. The highest BCUT2D eigenvalue weighted by Crippen LogP contribution is 2.21. The first-order valence-electron chi connectivity index (χ1n) is 6.59. The van der Waals surface area contributed by atoms with Crippen molar-refractivity contribution in [2.75, 3.05) is 6.54 Å². The van der Waals surface area contributed by atoms with Gasteiger partial charge in [0.1, 0.15) is 0 Å². The van der Waals surface area contributed by atoms with Crippen LogP contribution in [-0.4, -0.2) is 6.54 Å². The van der Waals surface area contributed by atoms with Gasteiger partial charge in [-0.05, 0) is 23.3 Å². The summed E-state index contributed by atoms with van der Waals surface area (Å²) >= 11 is 5.88. The van der Waals surface area contributed by atoms with Gasteiger partial charge in [0.15, 0.2) is 0 Å². The van der Waals surface area contributed by atoms with Crippen molar-refractivity contribution < 1.29 is 0 Å². The fourth-order valence-electron chi connectivity index (χ4n) is 2.11. The van der Waals surface area contributed by atoms with Crippen molar-refractivity contribution in [2.45, 2.75) is 25.8 Å². The molecule has 2 aromatic carbocycles. The maximum atomic E-state index is 5.88. The molecule has 0 fully saturated rings. The van der Waals surface area contributed by atoms with Crippen LogP contribution in [0.4, 0.5) is 0 Å². The molecular weight excluding hydrogens is 254 g/mol. The number of rotatable bonds is 5. The minimum absolute atomic E-state index is 0.133. The van der Waals surface area contributed by atoms with Crippen LogP contribution in [0.1, 0.15) is 25.0 Å². The third kappa shape index (κ3) is 4.09. The van der Waals surface area contributed by atoms with Crippen LogP contribution in [-0.2, 0) is 12.0 Å². The van der Waals surface area contributed by atoms with E-state index in [9.17, 15) is 0 Å². The Bertz CT molecular complexity index is 503. The first-order valence-corrected chi connectivity index (χ1v) is 6.96. The van der Waals surface area contributed by atoms with Crippen molar-refractivity contribution in [1.29, 1.82) is 0 Å². The van der Waals surface area contributed by atoms with Crippen molar-refractivity contribution in [1.82, 2.24) is 5.32 Å². The van der Waals surface area contributed by atoms with E-state index in [1.807, 2.05) is 12.1 Å². The van der Waals surface area contributed by atoms with Crippen LogP contribution in [0.25, 0.3) is 0 Å². The summed E-state index contributed by atoms with van der Waals surface area (Å²) in [6.45, 7) is 6.33. The minimum atomic E-state index is 0.133. The SMILES string of the molecule is CC(C)(CNCc1ccc(Cl)cc1)c1ccccc1. The smallest absolute Gasteiger partial charge is 0.0406 e. The van der Waals surface area contributed by atoms with E-state index in [-0.39, 0.29) is 5.41 Å². The highest BCUT2D eigenvalue weighted by molar-refractivity contribution is 6.30. The van der Waals surface area contributed by atoms with E-state index in [1.165, 1.54) is 11.1 Å². The van der Waals surface area contributed by atoms with E-state index in [1.54, 1.807) is 0 Å². The zero-order valence-corrected chi connectivity index (χ0v) is 12.2. The average molecular weight is 274 g/mol. The number of hydrogen-bond donors (Lipinski definition) is 1. The Labute approximate surface area is 120 Å². The molecule has 19 heavy (non-hydrogen) atoms. The molecule has 2 aromatic rings. The van der Waals surface area contributed by atoms with E-state index < -0.39 is 0 Å². The fraction of sp³-hybridized carbons (Fsp3) is 0.294. The highest BCUT2D eigenvalue weighted by atomic mass is 35.5. The third-order valence-electron chi connectivity index (χ3n) is 3.36. The molecule has 2 rings (SSSR count). The molecule has 0 saturated carbocycles. The number of benzene rings is 2. The Morgan fingerprint density at radius 3 is 2.21 bits per heavy atom. The lowest BCUT2D eigenvalue weighted by molar-refractivity contribution is 0.469. The normalized spacial score (nSPS) is 11.5. The van der Waals surface area contributed by atoms with Crippen LogP contribution in [0.5, 0.6) is 0 Å². The maximum Gasteiger partial charge on any atom is 0.0406 e. The Hall–Kier alpha value is -1.31. The lowest BCUT2D eigenvalue weighted by Gasteiger charge is -2.25. The van der Waals surface area contributed by atoms with Crippen molar-refractivity contribution in [3.63, 3.8) is 0 Å². The summed E-state index contributed by atoms with van der Waals surface area (Å²) in [7, 11) is 0. The molecule has 0 spiro atoms. The summed E-state index contributed by atoms with van der Waals surface area (Å²) in [5.74, 6) is 0. The van der Waals surface area contributed by atoms with Crippen molar-refractivity contribution in [3.05, 3.63) is 70.7 Å². The largest absolute Gasteiger partial charge is 0.312 e. The van der Waals surface area contributed by atoms with Gasteiger partial charge in [0, 0.05) is 23.5 Å². The summed E-state index contributed by atoms with van der Waals surface area (Å²) < 4.78 is 0. The summed E-state index contributed by atoms with van der Waals surface area (Å²) in [5.41, 5.74) is 2.75. The van der Waals surface area contributed by atoms with Crippen molar-refractivity contribution >= 4 is 11.6 Å². The van der Waals surface area contributed by atoms with Gasteiger partial charge in [-0.15, -0.1) is 0 Å². The highest BCUT2D eigenvalue weighted by Gasteiger charge is 2.19. The molecule has 1 N–H and O–H groups in total. The van der Waals surface area contributed by atoms with Gasteiger partial charge >= 0.3 is 0 Å².